The number of carbonyl (C=O) groups is 1. The number of phenols is 1. The lowest BCUT2D eigenvalue weighted by Crippen LogP contribution is -2.26. The van der Waals surface area contributed by atoms with Gasteiger partial charge in [0.1, 0.15) is 11.5 Å². The molecule has 3 N–H and O–H groups in total. The topological polar surface area (TPSA) is 152 Å². The summed E-state index contributed by atoms with van der Waals surface area (Å²) < 4.78 is 32.6. The number of nitrogens with zero attached hydrogens (tertiary/aromatic N) is 1. The quantitative estimate of drug-likeness (QED) is 0.356. The third-order valence-electron chi connectivity index (χ3n) is 4.49. The second-order valence-electron chi connectivity index (χ2n) is 6.63. The van der Waals surface area contributed by atoms with Gasteiger partial charge in [-0.05, 0) is 42.8 Å². The zero-order chi connectivity index (χ0) is 22.6. The molecular formula is C20H19N3O7S. The Bertz CT molecular complexity index is 1220. The summed E-state index contributed by atoms with van der Waals surface area (Å²) in [6.07, 6.45) is 1.43. The van der Waals surface area contributed by atoms with Crippen LogP contribution >= 0.6 is 0 Å². The van der Waals surface area contributed by atoms with Crippen molar-refractivity contribution in [2.24, 2.45) is 0 Å². The van der Waals surface area contributed by atoms with Crippen LogP contribution in [0.15, 0.2) is 64.1 Å². The molecule has 11 heteroatoms. The number of hydrogen-bond donors (Lipinski definition) is 3. The molecule has 0 radical (unpaired) electrons. The van der Waals surface area contributed by atoms with Gasteiger partial charge < -0.3 is 14.8 Å². The Kier molecular flexibility index (Phi) is 6.37. The van der Waals surface area contributed by atoms with Crippen LogP contribution in [0, 0.1) is 17.0 Å². The summed E-state index contributed by atoms with van der Waals surface area (Å²) in [6, 6.07) is 10.9. The average Bonchev–Trinajstić information content (AvgIpc) is 3.25. The molecule has 2 aromatic carbocycles. The number of rotatable bonds is 8. The first kappa shape index (κ1) is 22.0. The Morgan fingerprint density at radius 1 is 1.16 bits per heavy atom. The van der Waals surface area contributed by atoms with Crippen molar-refractivity contribution in [3.63, 3.8) is 0 Å². The predicted octanol–water partition coefficient (Wildman–Crippen LogP) is 2.61. The largest absolute Gasteiger partial charge is 0.508 e. The molecule has 1 amide bonds. The van der Waals surface area contributed by atoms with Crippen molar-refractivity contribution < 1.29 is 27.7 Å². The normalized spacial score (nSPS) is 11.3. The Balaban J connectivity index is 1.76. The second-order valence-corrected chi connectivity index (χ2v) is 8.40. The van der Waals surface area contributed by atoms with Crippen molar-refractivity contribution in [3.8, 4) is 5.75 Å². The number of aromatic hydroxyl groups is 1. The van der Waals surface area contributed by atoms with Gasteiger partial charge in [0.2, 0.25) is 10.0 Å². The summed E-state index contributed by atoms with van der Waals surface area (Å²) in [6.45, 7) is 1.42. The molecule has 0 spiro atoms. The van der Waals surface area contributed by atoms with Crippen molar-refractivity contribution in [2.45, 2.75) is 24.9 Å². The zero-order valence-electron chi connectivity index (χ0n) is 16.4. The Labute approximate surface area is 177 Å². The lowest BCUT2D eigenvalue weighted by atomic mass is 10.1. The highest BCUT2D eigenvalue weighted by atomic mass is 32.2. The molecule has 162 valence electrons. The number of nitro groups is 1. The van der Waals surface area contributed by atoms with Crippen LogP contribution in [0.4, 0.5) is 5.69 Å². The average molecular weight is 445 g/mol. The Morgan fingerprint density at radius 3 is 2.61 bits per heavy atom. The number of furan rings is 1. The van der Waals surface area contributed by atoms with E-state index in [9.17, 15) is 28.4 Å². The lowest BCUT2D eigenvalue weighted by molar-refractivity contribution is -0.384. The lowest BCUT2D eigenvalue weighted by Gasteiger charge is -2.11. The van der Waals surface area contributed by atoms with Gasteiger partial charge in [0, 0.05) is 29.8 Å². The van der Waals surface area contributed by atoms with Gasteiger partial charge in [0.15, 0.2) is 0 Å². The van der Waals surface area contributed by atoms with Gasteiger partial charge in [-0.15, -0.1) is 0 Å². The van der Waals surface area contributed by atoms with Gasteiger partial charge in [-0.3, -0.25) is 14.9 Å². The molecule has 0 saturated carbocycles. The van der Waals surface area contributed by atoms with E-state index in [1.165, 1.54) is 30.5 Å². The number of nitro benzene ring substituents is 1. The number of amides is 1. The molecule has 0 atom stereocenters. The summed E-state index contributed by atoms with van der Waals surface area (Å²) in [5, 5.41) is 23.3. The molecule has 3 aromatic rings. The zero-order valence-corrected chi connectivity index (χ0v) is 17.2. The molecule has 0 aliphatic heterocycles. The molecule has 31 heavy (non-hydrogen) atoms. The van der Waals surface area contributed by atoms with Crippen molar-refractivity contribution >= 4 is 21.6 Å². The van der Waals surface area contributed by atoms with E-state index < -0.39 is 20.9 Å². The highest BCUT2D eigenvalue weighted by Crippen LogP contribution is 2.23. The van der Waals surface area contributed by atoms with Gasteiger partial charge in [-0.25, -0.2) is 13.1 Å². The molecule has 0 fully saturated rings. The van der Waals surface area contributed by atoms with Crippen molar-refractivity contribution in [2.75, 3.05) is 0 Å². The van der Waals surface area contributed by atoms with Gasteiger partial charge in [0.05, 0.1) is 22.6 Å². The van der Waals surface area contributed by atoms with E-state index in [4.69, 9.17) is 4.42 Å². The van der Waals surface area contributed by atoms with Crippen LogP contribution < -0.4 is 10.0 Å². The maximum absolute atomic E-state index is 12.6. The third-order valence-corrected chi connectivity index (χ3v) is 5.89. The first-order valence-corrected chi connectivity index (χ1v) is 10.5. The minimum Gasteiger partial charge on any atom is -0.508 e. The van der Waals surface area contributed by atoms with Gasteiger partial charge in [-0.1, -0.05) is 6.07 Å². The minimum atomic E-state index is -3.90. The smallest absolute Gasteiger partial charge is 0.270 e. The Hall–Kier alpha value is -3.70. The molecule has 0 aliphatic rings. The highest BCUT2D eigenvalue weighted by Gasteiger charge is 2.19. The van der Waals surface area contributed by atoms with Crippen molar-refractivity contribution in [1.82, 2.24) is 10.0 Å². The van der Waals surface area contributed by atoms with E-state index in [-0.39, 0.29) is 40.5 Å². The fourth-order valence-electron chi connectivity index (χ4n) is 2.77. The number of sulfonamides is 1. The number of phenolic OH excluding ortho intramolecular Hbond substituents is 1. The molecule has 0 aliphatic carbocycles. The van der Waals surface area contributed by atoms with E-state index in [1.807, 2.05) is 0 Å². The molecule has 0 bridgehead atoms. The standard InChI is InChI=1S/C20H19N3O7S/c1-13-4-6-17(31(28,29)22-12-16-3-2-8-30-16)10-18(13)20(25)21-11-14-9-15(23(26)27)5-7-19(14)24/h2-10,22,24H,11-12H2,1H3,(H,21,25). The summed E-state index contributed by atoms with van der Waals surface area (Å²) in [7, 11) is -3.90. The number of aryl methyl sites for hydroxylation is 1. The van der Waals surface area contributed by atoms with Crippen LogP contribution in [0.3, 0.4) is 0 Å². The summed E-state index contributed by atoms with van der Waals surface area (Å²) in [5.74, 6) is -0.363. The SMILES string of the molecule is Cc1ccc(S(=O)(=O)NCc2ccco2)cc1C(=O)NCc1cc([N+](=O)[O-])ccc1O. The van der Waals surface area contributed by atoms with Crippen LogP contribution in [0.25, 0.3) is 0 Å². The van der Waals surface area contributed by atoms with E-state index in [2.05, 4.69) is 10.0 Å². The van der Waals surface area contributed by atoms with Crippen molar-refractivity contribution in [1.29, 1.82) is 0 Å². The molecule has 10 nitrogen and oxygen atoms in total. The minimum absolute atomic E-state index is 0.0448. The van der Waals surface area contributed by atoms with Crippen LogP contribution in [0.5, 0.6) is 5.75 Å². The molecular weight excluding hydrogens is 426 g/mol. The maximum atomic E-state index is 12.6. The molecule has 1 aromatic heterocycles. The van der Waals surface area contributed by atoms with Gasteiger partial charge in [0.25, 0.3) is 11.6 Å². The van der Waals surface area contributed by atoms with Crippen LogP contribution in [0.2, 0.25) is 0 Å². The van der Waals surface area contributed by atoms with E-state index in [0.29, 0.717) is 11.3 Å². The number of benzene rings is 2. The van der Waals surface area contributed by atoms with Crippen LogP contribution in [0.1, 0.15) is 27.2 Å². The molecule has 0 unspecified atom stereocenters. The molecule has 1 heterocycles. The third kappa shape index (κ3) is 5.27. The number of hydrogen-bond acceptors (Lipinski definition) is 7. The Morgan fingerprint density at radius 2 is 1.94 bits per heavy atom. The summed E-state index contributed by atoms with van der Waals surface area (Å²) >= 11 is 0. The first-order valence-electron chi connectivity index (χ1n) is 9.04. The van der Waals surface area contributed by atoms with E-state index in [0.717, 1.165) is 12.1 Å². The maximum Gasteiger partial charge on any atom is 0.270 e. The van der Waals surface area contributed by atoms with E-state index >= 15 is 0 Å². The predicted molar refractivity (Wildman–Crippen MR) is 110 cm³/mol. The van der Waals surface area contributed by atoms with Crippen LogP contribution in [-0.4, -0.2) is 24.4 Å². The summed E-state index contributed by atoms with van der Waals surface area (Å²) in [5.41, 5.74) is 0.578. The van der Waals surface area contributed by atoms with Gasteiger partial charge >= 0.3 is 0 Å². The van der Waals surface area contributed by atoms with Crippen LogP contribution in [-0.2, 0) is 23.1 Å². The fourth-order valence-corrected chi connectivity index (χ4v) is 3.79. The number of non-ortho nitro benzene ring substituents is 1. The van der Waals surface area contributed by atoms with Crippen molar-refractivity contribution in [3.05, 3.63) is 87.4 Å². The number of carbonyl (C=O) groups excluding carboxylic acids is 1. The number of nitrogens with one attached hydrogen (secondary N) is 2. The first-order chi connectivity index (χ1) is 14.7. The molecule has 0 saturated heterocycles. The second kappa shape index (κ2) is 8.98. The highest BCUT2D eigenvalue weighted by molar-refractivity contribution is 7.89. The summed E-state index contributed by atoms with van der Waals surface area (Å²) in [4.78, 5) is 22.8. The fraction of sp³-hybridized carbons (Fsp3) is 0.150. The monoisotopic (exact) mass is 445 g/mol. The van der Waals surface area contributed by atoms with E-state index in [1.54, 1.807) is 19.1 Å². The molecule has 3 rings (SSSR count). The van der Waals surface area contributed by atoms with Gasteiger partial charge in [-0.2, -0.15) is 0 Å².